The number of fused-ring (bicyclic) bond motifs is 1. The molecule has 1 aliphatic rings. The van der Waals surface area contributed by atoms with Gasteiger partial charge < -0.3 is 33.7 Å². The van der Waals surface area contributed by atoms with Gasteiger partial charge in [0.15, 0.2) is 17.0 Å². The summed E-state index contributed by atoms with van der Waals surface area (Å²) in [6, 6.07) is 33.8. The highest BCUT2D eigenvalue weighted by Gasteiger charge is 2.43. The van der Waals surface area contributed by atoms with Crippen LogP contribution >= 0.6 is 8.25 Å². The molecule has 0 aliphatic carbocycles. The maximum absolute atomic E-state index is 12.9. The molecule has 266 valence electrons. The Labute approximate surface area is 300 Å². The Kier molecular flexibility index (Phi) is 10.4. The van der Waals surface area contributed by atoms with E-state index in [4.69, 9.17) is 23.5 Å². The van der Waals surface area contributed by atoms with Gasteiger partial charge >= 0.3 is 8.25 Å². The van der Waals surface area contributed by atoms with Gasteiger partial charge in [0.1, 0.15) is 35.8 Å². The molecule has 0 spiro atoms. The summed E-state index contributed by atoms with van der Waals surface area (Å²) in [6.45, 7) is -0.0384. The largest absolute Gasteiger partial charge is 0.497 e. The number of hydrogen-bond acceptors (Lipinski definition) is 10. The first-order valence-corrected chi connectivity index (χ1v) is 17.7. The number of rotatable bonds is 13. The van der Waals surface area contributed by atoms with Crippen LogP contribution in [-0.2, 0) is 24.2 Å². The fourth-order valence-electron chi connectivity index (χ4n) is 6.48. The number of carbonyl (C=O) groups is 1. The Bertz CT molecular complexity index is 2100. The van der Waals surface area contributed by atoms with Gasteiger partial charge in [-0.1, -0.05) is 72.8 Å². The van der Waals surface area contributed by atoms with Crippen LogP contribution in [0.3, 0.4) is 0 Å². The van der Waals surface area contributed by atoms with E-state index >= 15 is 0 Å². The molecular formula is C38H36N5O8P. The van der Waals surface area contributed by atoms with Crippen molar-refractivity contribution < 1.29 is 37.7 Å². The number of aromatic nitrogens is 4. The second kappa shape index (κ2) is 15.4. The van der Waals surface area contributed by atoms with Crippen LogP contribution in [0.4, 0.5) is 5.82 Å². The van der Waals surface area contributed by atoms with Gasteiger partial charge in [-0.3, -0.25) is 13.9 Å². The minimum Gasteiger partial charge on any atom is -0.497 e. The second-order valence-electron chi connectivity index (χ2n) is 12.0. The van der Waals surface area contributed by atoms with Crippen molar-refractivity contribution >= 4 is 31.1 Å². The molecule has 4 atom stereocenters. The summed E-state index contributed by atoms with van der Waals surface area (Å²) < 4.78 is 43.9. The first-order chi connectivity index (χ1) is 25.4. The molecule has 0 saturated carbocycles. The summed E-state index contributed by atoms with van der Waals surface area (Å²) in [4.78, 5) is 36.0. The van der Waals surface area contributed by atoms with Gasteiger partial charge in [-0.2, -0.15) is 0 Å². The normalized spacial score (nSPS) is 17.9. The third kappa shape index (κ3) is 7.05. The summed E-state index contributed by atoms with van der Waals surface area (Å²) >= 11 is 0. The van der Waals surface area contributed by atoms with Gasteiger partial charge in [-0.25, -0.2) is 15.0 Å². The van der Waals surface area contributed by atoms with Crippen LogP contribution in [0.2, 0.25) is 0 Å². The van der Waals surface area contributed by atoms with Gasteiger partial charge in [0, 0.05) is 12.0 Å². The third-order valence-corrected chi connectivity index (χ3v) is 9.51. The molecule has 2 aromatic heterocycles. The van der Waals surface area contributed by atoms with E-state index < -0.39 is 32.3 Å². The Balaban J connectivity index is 1.22. The van der Waals surface area contributed by atoms with Crippen molar-refractivity contribution in [3.05, 3.63) is 144 Å². The second-order valence-corrected chi connectivity index (χ2v) is 12.7. The molecular weight excluding hydrogens is 685 g/mol. The van der Waals surface area contributed by atoms with E-state index in [9.17, 15) is 14.3 Å². The van der Waals surface area contributed by atoms with E-state index in [1.54, 1.807) is 43.1 Å². The quantitative estimate of drug-likeness (QED) is 0.104. The Morgan fingerprint density at radius 2 is 1.46 bits per heavy atom. The lowest BCUT2D eigenvalue weighted by Gasteiger charge is -2.37. The van der Waals surface area contributed by atoms with Crippen LogP contribution in [0.1, 0.15) is 39.7 Å². The monoisotopic (exact) mass is 721 g/mol. The molecule has 14 heteroatoms. The average Bonchev–Trinajstić information content (AvgIpc) is 3.80. The van der Waals surface area contributed by atoms with Crippen LogP contribution in [0.5, 0.6) is 11.5 Å². The number of nitrogens with zero attached hydrogens (tertiary/aromatic N) is 4. The van der Waals surface area contributed by atoms with Gasteiger partial charge in [0.2, 0.25) is 0 Å². The minimum atomic E-state index is -3.36. The highest BCUT2D eigenvalue weighted by atomic mass is 31.1. The van der Waals surface area contributed by atoms with Crippen molar-refractivity contribution in [1.82, 2.24) is 19.5 Å². The molecule has 0 radical (unpaired) electrons. The molecule has 7 rings (SSSR count). The minimum absolute atomic E-state index is 0.0384. The lowest BCUT2D eigenvalue weighted by Crippen LogP contribution is -2.38. The number of amides is 1. The Hall–Kier alpha value is -5.43. The molecule has 3 heterocycles. The molecule has 13 nitrogen and oxygen atoms in total. The van der Waals surface area contributed by atoms with E-state index in [1.807, 2.05) is 84.9 Å². The zero-order valence-corrected chi connectivity index (χ0v) is 29.3. The summed E-state index contributed by atoms with van der Waals surface area (Å²) in [6.07, 6.45) is 0.740. The van der Waals surface area contributed by atoms with Crippen LogP contribution in [0.25, 0.3) is 11.2 Å². The fourth-order valence-corrected chi connectivity index (χ4v) is 6.99. The van der Waals surface area contributed by atoms with Crippen molar-refractivity contribution in [2.75, 3.05) is 26.1 Å². The maximum atomic E-state index is 12.9. The molecule has 1 unspecified atom stereocenters. The fraction of sp³-hybridized carbons (Fsp3) is 0.211. The first kappa shape index (κ1) is 35.0. The van der Waals surface area contributed by atoms with Gasteiger partial charge in [-0.05, 0) is 53.1 Å². The van der Waals surface area contributed by atoms with Crippen LogP contribution in [0.15, 0.2) is 122 Å². The molecule has 1 amide bonds. The maximum Gasteiger partial charge on any atom is 0.316 e. The smallest absolute Gasteiger partial charge is 0.316 e. The van der Waals surface area contributed by atoms with Crippen molar-refractivity contribution in [3.63, 3.8) is 0 Å². The lowest BCUT2D eigenvalue weighted by molar-refractivity contribution is -0.0903. The lowest BCUT2D eigenvalue weighted by atomic mass is 9.80. The predicted molar refractivity (Wildman–Crippen MR) is 193 cm³/mol. The topological polar surface area (TPSA) is 156 Å². The van der Waals surface area contributed by atoms with E-state index in [-0.39, 0.29) is 24.8 Å². The molecule has 0 bridgehead atoms. The number of anilines is 1. The molecule has 1 saturated heterocycles. The highest BCUT2D eigenvalue weighted by Crippen LogP contribution is 2.44. The number of benzene rings is 4. The predicted octanol–water partition coefficient (Wildman–Crippen LogP) is 6.16. The number of imidazole rings is 1. The van der Waals surface area contributed by atoms with Crippen molar-refractivity contribution in [3.8, 4) is 11.5 Å². The molecule has 1 aliphatic heterocycles. The molecule has 6 aromatic rings. The average molecular weight is 722 g/mol. The van der Waals surface area contributed by atoms with E-state index in [2.05, 4.69) is 20.3 Å². The summed E-state index contributed by atoms with van der Waals surface area (Å²) in [7, 11) is -0.147. The van der Waals surface area contributed by atoms with Crippen LogP contribution < -0.4 is 14.8 Å². The van der Waals surface area contributed by atoms with E-state index in [0.717, 1.165) is 16.7 Å². The molecule has 4 aromatic carbocycles. The van der Waals surface area contributed by atoms with E-state index in [0.29, 0.717) is 28.2 Å². The number of carbonyl (C=O) groups excluding carboxylic acids is 1. The van der Waals surface area contributed by atoms with Gasteiger partial charge in [-0.15, -0.1) is 0 Å². The number of nitrogens with one attached hydrogen (secondary N) is 1. The molecule has 2 N–H and O–H groups in total. The van der Waals surface area contributed by atoms with Crippen molar-refractivity contribution in [2.24, 2.45) is 0 Å². The Morgan fingerprint density at radius 3 is 2.06 bits per heavy atom. The van der Waals surface area contributed by atoms with Crippen molar-refractivity contribution in [1.29, 1.82) is 0 Å². The summed E-state index contributed by atoms with van der Waals surface area (Å²) in [5.41, 5.74) is 2.53. The standard InChI is InChI=1S/C38H36N5O8P/c1-47-29-17-13-27(14-18-29)38(26-11-7-4-8-12-26,28-15-19-30(48-2)20-16-28)49-22-32-31(51-52(45)46)21-33(50-32)43-24-41-34-35(39-23-40-36(34)43)42-37(44)25-9-5-3-6-10-25/h3-20,23-24,31-33,52H,21-22H2,1-2H3,(H,45,46)(H,39,40,42,44)/t31-,32+,33+/m0/s1. The number of methoxy groups -OCH3 is 2. The van der Waals surface area contributed by atoms with Gasteiger partial charge in [0.05, 0.1) is 33.3 Å². The number of hydrogen-bond donors (Lipinski definition) is 2. The van der Waals surface area contributed by atoms with Gasteiger partial charge in [0.25, 0.3) is 5.91 Å². The number of ether oxygens (including phenoxy) is 4. The zero-order chi connectivity index (χ0) is 36.1. The van der Waals surface area contributed by atoms with E-state index in [1.165, 1.54) is 12.7 Å². The van der Waals surface area contributed by atoms with Crippen LogP contribution in [0, 0.1) is 0 Å². The Morgan fingerprint density at radius 1 is 0.865 bits per heavy atom. The SMILES string of the molecule is COc1ccc(C(OC[C@H]2O[C@@H](n3cnc4c(NC(=O)c5ccccc5)ncnc43)C[C@@H]2O[PH](=O)O)(c2ccccc2)c2ccc(OC)cc2)cc1. The van der Waals surface area contributed by atoms with Crippen LogP contribution in [-0.4, -0.2) is 63.4 Å². The summed E-state index contributed by atoms with van der Waals surface area (Å²) in [5.74, 6) is 1.25. The first-order valence-electron chi connectivity index (χ1n) is 16.5. The zero-order valence-electron chi connectivity index (χ0n) is 28.3. The highest BCUT2D eigenvalue weighted by molar-refractivity contribution is 7.32. The molecule has 1 fully saturated rings. The summed E-state index contributed by atoms with van der Waals surface area (Å²) in [5, 5.41) is 2.81. The third-order valence-electron chi connectivity index (χ3n) is 9.01. The molecule has 52 heavy (non-hydrogen) atoms. The van der Waals surface area contributed by atoms with Crippen molar-refractivity contribution in [2.45, 2.75) is 30.5 Å².